The van der Waals surface area contributed by atoms with Crippen molar-refractivity contribution >= 4 is 17.5 Å². The fraction of sp³-hybridized carbons (Fsp3) is 0.389. The van der Waals surface area contributed by atoms with Crippen LogP contribution in [0.4, 0.5) is 5.69 Å². The zero-order valence-electron chi connectivity index (χ0n) is 14.2. The molecule has 1 atom stereocenters. The highest BCUT2D eigenvalue weighted by atomic mass is 16.2. The lowest BCUT2D eigenvalue weighted by atomic mass is 10.2. The predicted molar refractivity (Wildman–Crippen MR) is 92.1 cm³/mol. The Morgan fingerprint density at radius 3 is 2.58 bits per heavy atom. The molecule has 2 amide bonds. The molecule has 0 saturated carbocycles. The number of benzene rings is 1. The molecule has 1 aromatic heterocycles. The third-order valence-corrected chi connectivity index (χ3v) is 4.50. The van der Waals surface area contributed by atoms with Crippen LogP contribution in [-0.4, -0.2) is 39.1 Å². The van der Waals surface area contributed by atoms with E-state index in [1.807, 2.05) is 48.9 Å². The van der Waals surface area contributed by atoms with Crippen molar-refractivity contribution in [3.8, 4) is 5.69 Å². The number of carbonyl (C=O) groups is 2. The summed E-state index contributed by atoms with van der Waals surface area (Å²) in [7, 11) is 0. The van der Waals surface area contributed by atoms with Crippen LogP contribution in [0, 0.1) is 13.8 Å². The van der Waals surface area contributed by atoms with Gasteiger partial charge >= 0.3 is 0 Å². The molecule has 6 nitrogen and oxygen atoms in total. The highest BCUT2D eigenvalue weighted by molar-refractivity contribution is 5.98. The molecule has 2 aromatic rings. The average molecular weight is 326 g/mol. The van der Waals surface area contributed by atoms with Gasteiger partial charge in [-0.1, -0.05) is 18.2 Å². The molecular formula is C18H22N4O2. The van der Waals surface area contributed by atoms with Crippen molar-refractivity contribution in [2.45, 2.75) is 39.7 Å². The fourth-order valence-corrected chi connectivity index (χ4v) is 3.27. The minimum atomic E-state index is -0.388. The lowest BCUT2D eigenvalue weighted by molar-refractivity contribution is -0.134. The first-order valence-corrected chi connectivity index (χ1v) is 8.18. The maximum absolute atomic E-state index is 12.6. The maximum Gasteiger partial charge on any atom is 0.247 e. The average Bonchev–Trinajstić information content (AvgIpc) is 3.16. The number of hydrogen-bond acceptors (Lipinski definition) is 3. The van der Waals surface area contributed by atoms with Gasteiger partial charge in [0.2, 0.25) is 11.8 Å². The van der Waals surface area contributed by atoms with Gasteiger partial charge in [0.15, 0.2) is 0 Å². The van der Waals surface area contributed by atoms with Crippen LogP contribution in [0.3, 0.4) is 0 Å². The predicted octanol–water partition coefficient (Wildman–Crippen LogP) is 2.44. The van der Waals surface area contributed by atoms with E-state index in [0.29, 0.717) is 13.0 Å². The lowest BCUT2D eigenvalue weighted by Crippen LogP contribution is -2.42. The first-order chi connectivity index (χ1) is 11.5. The number of likely N-dealkylation sites (tertiary alicyclic amines) is 1. The number of anilines is 1. The molecule has 0 radical (unpaired) electrons. The first kappa shape index (κ1) is 16.2. The second-order valence-electron chi connectivity index (χ2n) is 6.15. The van der Waals surface area contributed by atoms with E-state index in [1.54, 1.807) is 4.90 Å². The summed E-state index contributed by atoms with van der Waals surface area (Å²) in [5.41, 5.74) is 3.31. The molecule has 0 spiro atoms. The summed E-state index contributed by atoms with van der Waals surface area (Å²) in [6, 6.07) is 9.41. The fourth-order valence-electron chi connectivity index (χ4n) is 3.27. The molecule has 1 aliphatic heterocycles. The summed E-state index contributed by atoms with van der Waals surface area (Å²) in [6.45, 7) is 5.96. The van der Waals surface area contributed by atoms with Crippen LogP contribution in [0.25, 0.3) is 5.69 Å². The van der Waals surface area contributed by atoms with Gasteiger partial charge in [-0.15, -0.1) is 0 Å². The molecule has 1 N–H and O–H groups in total. The van der Waals surface area contributed by atoms with Gasteiger partial charge in [0.1, 0.15) is 6.04 Å². The molecule has 6 heteroatoms. The number of carbonyl (C=O) groups excluding carboxylic acids is 2. The van der Waals surface area contributed by atoms with Crippen LogP contribution in [0.2, 0.25) is 0 Å². The molecule has 2 heterocycles. The van der Waals surface area contributed by atoms with Crippen LogP contribution < -0.4 is 5.32 Å². The summed E-state index contributed by atoms with van der Waals surface area (Å²) < 4.78 is 1.82. The molecule has 1 fully saturated rings. The standard InChI is InChI=1S/C18H22N4O2/c1-12-17(13(2)22(20-12)15-8-5-4-6-9-15)19-18(24)16-10-7-11-21(16)14(3)23/h4-6,8-9,16H,7,10-11H2,1-3H3,(H,19,24). The smallest absolute Gasteiger partial charge is 0.247 e. The second kappa shape index (κ2) is 6.47. The summed E-state index contributed by atoms with van der Waals surface area (Å²) in [5, 5.41) is 7.51. The van der Waals surface area contributed by atoms with Crippen molar-refractivity contribution in [1.82, 2.24) is 14.7 Å². The van der Waals surface area contributed by atoms with E-state index >= 15 is 0 Å². The van der Waals surface area contributed by atoms with Crippen LogP contribution in [-0.2, 0) is 9.59 Å². The van der Waals surface area contributed by atoms with Crippen LogP contribution in [0.15, 0.2) is 30.3 Å². The SMILES string of the molecule is CC(=O)N1CCCC1C(=O)Nc1c(C)nn(-c2ccccc2)c1C. The number of para-hydroxylation sites is 1. The molecule has 126 valence electrons. The summed E-state index contributed by atoms with van der Waals surface area (Å²) in [4.78, 5) is 25.9. The number of nitrogens with one attached hydrogen (secondary N) is 1. The number of amides is 2. The lowest BCUT2D eigenvalue weighted by Gasteiger charge is -2.22. The van der Waals surface area contributed by atoms with E-state index in [0.717, 1.165) is 29.2 Å². The van der Waals surface area contributed by atoms with Gasteiger partial charge in [-0.2, -0.15) is 5.10 Å². The van der Waals surface area contributed by atoms with Crippen molar-refractivity contribution < 1.29 is 9.59 Å². The highest BCUT2D eigenvalue weighted by Gasteiger charge is 2.33. The minimum absolute atomic E-state index is 0.0546. The Kier molecular flexibility index (Phi) is 4.38. The van der Waals surface area contributed by atoms with Crippen molar-refractivity contribution in [3.05, 3.63) is 41.7 Å². The molecule has 1 aromatic carbocycles. The Morgan fingerprint density at radius 1 is 1.21 bits per heavy atom. The van der Waals surface area contributed by atoms with Crippen LogP contribution >= 0.6 is 0 Å². The normalized spacial score (nSPS) is 17.1. The Hall–Kier alpha value is -2.63. The number of aryl methyl sites for hydroxylation is 1. The summed E-state index contributed by atoms with van der Waals surface area (Å²) in [6.07, 6.45) is 1.56. The van der Waals surface area contributed by atoms with E-state index in [2.05, 4.69) is 10.4 Å². The van der Waals surface area contributed by atoms with Crippen molar-refractivity contribution in [1.29, 1.82) is 0 Å². The Balaban J connectivity index is 1.84. The number of nitrogens with zero attached hydrogens (tertiary/aromatic N) is 3. The number of aromatic nitrogens is 2. The van der Waals surface area contributed by atoms with Crippen LogP contribution in [0.5, 0.6) is 0 Å². The van der Waals surface area contributed by atoms with E-state index in [-0.39, 0.29) is 17.9 Å². The van der Waals surface area contributed by atoms with Crippen molar-refractivity contribution in [2.75, 3.05) is 11.9 Å². The van der Waals surface area contributed by atoms with E-state index in [9.17, 15) is 9.59 Å². The van der Waals surface area contributed by atoms with E-state index in [4.69, 9.17) is 0 Å². The molecule has 1 unspecified atom stereocenters. The minimum Gasteiger partial charge on any atom is -0.331 e. The number of hydrogen-bond donors (Lipinski definition) is 1. The maximum atomic E-state index is 12.6. The second-order valence-corrected chi connectivity index (χ2v) is 6.15. The zero-order chi connectivity index (χ0) is 17.3. The number of rotatable bonds is 3. The Morgan fingerprint density at radius 2 is 1.92 bits per heavy atom. The quantitative estimate of drug-likeness (QED) is 0.942. The Bertz CT molecular complexity index is 767. The van der Waals surface area contributed by atoms with Gasteiger partial charge < -0.3 is 10.2 Å². The zero-order valence-corrected chi connectivity index (χ0v) is 14.2. The van der Waals surface area contributed by atoms with Crippen LogP contribution in [0.1, 0.15) is 31.2 Å². The molecule has 1 aliphatic rings. The molecule has 3 rings (SSSR count). The van der Waals surface area contributed by atoms with E-state index in [1.165, 1.54) is 6.92 Å². The van der Waals surface area contributed by atoms with E-state index < -0.39 is 0 Å². The van der Waals surface area contributed by atoms with Gasteiger partial charge in [0, 0.05) is 13.5 Å². The topological polar surface area (TPSA) is 67.2 Å². The van der Waals surface area contributed by atoms with Crippen molar-refractivity contribution in [3.63, 3.8) is 0 Å². The molecular weight excluding hydrogens is 304 g/mol. The molecule has 0 aliphatic carbocycles. The summed E-state index contributed by atoms with van der Waals surface area (Å²) in [5.74, 6) is -0.192. The largest absolute Gasteiger partial charge is 0.331 e. The van der Waals surface area contributed by atoms with Gasteiger partial charge in [0.25, 0.3) is 0 Å². The van der Waals surface area contributed by atoms with Gasteiger partial charge in [-0.3, -0.25) is 9.59 Å². The first-order valence-electron chi connectivity index (χ1n) is 8.18. The van der Waals surface area contributed by atoms with Gasteiger partial charge in [-0.25, -0.2) is 4.68 Å². The van der Waals surface area contributed by atoms with Gasteiger partial charge in [-0.05, 0) is 38.8 Å². The molecule has 24 heavy (non-hydrogen) atoms. The Labute approximate surface area is 141 Å². The highest BCUT2D eigenvalue weighted by Crippen LogP contribution is 2.25. The summed E-state index contributed by atoms with van der Waals surface area (Å²) >= 11 is 0. The van der Waals surface area contributed by atoms with Gasteiger partial charge in [0.05, 0.1) is 22.8 Å². The van der Waals surface area contributed by atoms with Crippen molar-refractivity contribution in [2.24, 2.45) is 0 Å². The molecule has 0 bridgehead atoms. The third-order valence-electron chi connectivity index (χ3n) is 4.50. The monoisotopic (exact) mass is 326 g/mol. The third kappa shape index (κ3) is 2.91. The molecule has 1 saturated heterocycles.